The molecule has 0 aliphatic heterocycles. The van der Waals surface area contributed by atoms with Gasteiger partial charge in [-0.1, -0.05) is 18.2 Å². The largest absolute Gasteiger partial charge is 0.481 e. The van der Waals surface area contributed by atoms with Gasteiger partial charge in [-0.15, -0.1) is 16.2 Å². The molecule has 0 bridgehead atoms. The molecule has 5 nitrogen and oxygen atoms in total. The van der Waals surface area contributed by atoms with Crippen LogP contribution in [0.4, 0.5) is 13.2 Å². The number of rotatable bonds is 5. The Balaban J connectivity index is 3.05. The van der Waals surface area contributed by atoms with Crippen molar-refractivity contribution in [2.45, 2.75) is 17.5 Å². The van der Waals surface area contributed by atoms with Crippen molar-refractivity contribution in [1.82, 2.24) is 0 Å². The lowest BCUT2D eigenvalue weighted by molar-refractivity contribution is -0.136. The number of thioether (sulfide) groups is 1. The third-order valence-electron chi connectivity index (χ3n) is 2.04. The number of hydrogen-bond acceptors (Lipinski definition) is 4. The molecule has 1 aromatic carbocycles. The number of hydrogen-bond donors (Lipinski definition) is 1. The second-order valence-electron chi connectivity index (χ2n) is 3.67. The Hall–Kier alpha value is -1.55. The average Bonchev–Trinajstić information content (AvgIpc) is 2.37. The Morgan fingerprint density at radius 2 is 1.81 bits per heavy atom. The average molecular weight is 341 g/mol. The number of alkyl halides is 3. The highest BCUT2D eigenvalue weighted by atomic mass is 32.2. The maximum Gasteiger partial charge on any atom is 0.440 e. The molecule has 1 N–H and O–H groups in total. The Morgan fingerprint density at radius 3 is 2.29 bits per heavy atom. The number of halogens is 3. The fraction of sp³-hybridized carbons (Fsp3) is 0.273. The van der Waals surface area contributed by atoms with Gasteiger partial charge >= 0.3 is 12.1 Å². The normalized spacial score (nSPS) is 13.2. The fourth-order valence-electron chi connectivity index (χ4n) is 1.15. The van der Waals surface area contributed by atoms with Gasteiger partial charge < -0.3 is 5.11 Å². The summed E-state index contributed by atoms with van der Waals surface area (Å²) < 4.78 is 64.5. The van der Waals surface area contributed by atoms with Crippen LogP contribution < -0.4 is 0 Å². The van der Waals surface area contributed by atoms with E-state index in [2.05, 4.69) is 4.40 Å². The minimum absolute atomic E-state index is 0.0433. The molecular weight excluding hydrogens is 331 g/mol. The standard InChI is InChI=1S/C11H10F3NO4S2/c12-11(13,14)10(20-7-6-9(16)17)15-21(18,19)8-4-2-1-3-5-8/h1-5H,6-7H2,(H,16,17). The molecule has 1 rings (SSSR count). The van der Waals surface area contributed by atoms with Crippen LogP contribution in [0.5, 0.6) is 0 Å². The lowest BCUT2D eigenvalue weighted by Crippen LogP contribution is -2.22. The van der Waals surface area contributed by atoms with E-state index in [1.54, 1.807) is 0 Å². The van der Waals surface area contributed by atoms with Gasteiger partial charge in [0.2, 0.25) is 0 Å². The molecule has 1 aromatic rings. The number of sulfonamides is 1. The van der Waals surface area contributed by atoms with Gasteiger partial charge in [0.1, 0.15) is 0 Å². The van der Waals surface area contributed by atoms with E-state index in [0.29, 0.717) is 0 Å². The monoisotopic (exact) mass is 341 g/mol. The van der Waals surface area contributed by atoms with E-state index in [1.807, 2.05) is 0 Å². The van der Waals surface area contributed by atoms with Crippen LogP contribution in [0.3, 0.4) is 0 Å². The molecule has 0 aliphatic carbocycles. The van der Waals surface area contributed by atoms with Crippen molar-refractivity contribution in [3.8, 4) is 0 Å². The molecule has 0 saturated heterocycles. The molecule has 0 spiro atoms. The van der Waals surface area contributed by atoms with Crippen LogP contribution in [-0.2, 0) is 14.8 Å². The summed E-state index contributed by atoms with van der Waals surface area (Å²) >= 11 is 0.0433. The molecule has 21 heavy (non-hydrogen) atoms. The van der Waals surface area contributed by atoms with Gasteiger partial charge in [0.05, 0.1) is 11.3 Å². The highest BCUT2D eigenvalue weighted by Crippen LogP contribution is 2.27. The molecule has 0 fully saturated rings. The minimum Gasteiger partial charge on any atom is -0.481 e. The van der Waals surface area contributed by atoms with Crippen LogP contribution in [-0.4, -0.2) is 36.5 Å². The van der Waals surface area contributed by atoms with Gasteiger partial charge in [-0.25, -0.2) is 0 Å². The smallest absolute Gasteiger partial charge is 0.440 e. The molecule has 116 valence electrons. The first-order valence-electron chi connectivity index (χ1n) is 5.45. The molecule has 0 amide bonds. The van der Waals surface area contributed by atoms with Gasteiger partial charge in [-0.2, -0.15) is 21.6 Å². The molecule has 0 aliphatic rings. The third kappa shape index (κ3) is 5.76. The SMILES string of the molecule is O=C(O)CCSC(=NS(=O)(=O)c1ccccc1)C(F)(F)F. The Morgan fingerprint density at radius 1 is 1.24 bits per heavy atom. The number of carboxylic acid groups (broad SMARTS) is 1. The number of benzene rings is 1. The Bertz CT molecular complexity index is 627. The number of aliphatic carboxylic acids is 1. The maximum atomic E-state index is 12.7. The van der Waals surface area contributed by atoms with Crippen LogP contribution >= 0.6 is 11.8 Å². The highest BCUT2D eigenvalue weighted by Gasteiger charge is 2.38. The summed E-state index contributed by atoms with van der Waals surface area (Å²) in [4.78, 5) is 9.91. The van der Waals surface area contributed by atoms with Crippen LogP contribution in [0, 0.1) is 0 Å². The molecule has 0 heterocycles. The van der Waals surface area contributed by atoms with Gasteiger partial charge in [-0.05, 0) is 12.1 Å². The van der Waals surface area contributed by atoms with Gasteiger partial charge in [0.25, 0.3) is 10.0 Å². The molecular formula is C11H10F3NO4S2. The molecule has 0 radical (unpaired) electrons. The first-order chi connectivity index (χ1) is 9.63. The maximum absolute atomic E-state index is 12.7. The van der Waals surface area contributed by atoms with Crippen LogP contribution in [0.2, 0.25) is 0 Å². The summed E-state index contributed by atoms with van der Waals surface area (Å²) in [5.41, 5.74) is 0. The fourth-order valence-corrected chi connectivity index (χ4v) is 3.22. The summed E-state index contributed by atoms with van der Waals surface area (Å²) in [6.07, 6.45) is -5.50. The van der Waals surface area contributed by atoms with Gasteiger partial charge in [0.15, 0.2) is 5.04 Å². The first kappa shape index (κ1) is 17.5. The topological polar surface area (TPSA) is 83.8 Å². The minimum atomic E-state index is -4.97. The van der Waals surface area contributed by atoms with Gasteiger partial charge in [-0.3, -0.25) is 4.79 Å². The zero-order valence-electron chi connectivity index (χ0n) is 10.4. The predicted octanol–water partition coefficient (Wildman–Crippen LogP) is 2.54. The highest BCUT2D eigenvalue weighted by molar-refractivity contribution is 8.14. The zero-order chi connectivity index (χ0) is 16.1. The van der Waals surface area contributed by atoms with Gasteiger partial charge in [0, 0.05) is 5.75 Å². The molecule has 0 aromatic heterocycles. The molecule has 0 unspecified atom stereocenters. The van der Waals surface area contributed by atoms with Crippen LogP contribution in [0.15, 0.2) is 39.6 Å². The zero-order valence-corrected chi connectivity index (χ0v) is 12.0. The van der Waals surface area contributed by atoms with Crippen molar-refractivity contribution in [1.29, 1.82) is 0 Å². The quantitative estimate of drug-likeness (QED) is 0.657. The van der Waals surface area contributed by atoms with E-state index < -0.39 is 39.4 Å². The van der Waals surface area contributed by atoms with E-state index in [9.17, 15) is 26.4 Å². The first-order valence-corrected chi connectivity index (χ1v) is 7.87. The van der Waals surface area contributed by atoms with E-state index in [4.69, 9.17) is 5.11 Å². The summed E-state index contributed by atoms with van der Waals surface area (Å²) in [5, 5.41) is 6.80. The predicted molar refractivity (Wildman–Crippen MR) is 71.8 cm³/mol. The summed E-state index contributed by atoms with van der Waals surface area (Å²) in [7, 11) is -4.49. The summed E-state index contributed by atoms with van der Waals surface area (Å²) in [6, 6.07) is 6.46. The van der Waals surface area contributed by atoms with E-state index in [1.165, 1.54) is 18.2 Å². The molecule has 0 atom stereocenters. The lowest BCUT2D eigenvalue weighted by atomic mass is 10.4. The van der Waals surface area contributed by atoms with Crippen LogP contribution in [0.25, 0.3) is 0 Å². The molecule has 10 heteroatoms. The second kappa shape index (κ2) is 6.94. The summed E-state index contributed by atoms with van der Waals surface area (Å²) in [5.74, 6) is -1.72. The van der Waals surface area contributed by atoms with Crippen molar-refractivity contribution in [2.75, 3.05) is 5.75 Å². The Labute approximate surface area is 122 Å². The van der Waals surface area contributed by atoms with E-state index in [0.717, 1.165) is 12.1 Å². The second-order valence-corrected chi connectivity index (χ2v) is 6.36. The van der Waals surface area contributed by atoms with E-state index in [-0.39, 0.29) is 16.7 Å². The third-order valence-corrected chi connectivity index (χ3v) is 4.45. The Kier molecular flexibility index (Phi) is 5.78. The van der Waals surface area contributed by atoms with Crippen molar-refractivity contribution in [3.05, 3.63) is 30.3 Å². The van der Waals surface area contributed by atoms with Crippen LogP contribution in [0.1, 0.15) is 6.42 Å². The number of carbonyl (C=O) groups is 1. The van der Waals surface area contributed by atoms with Crippen molar-refractivity contribution >= 4 is 32.8 Å². The van der Waals surface area contributed by atoms with Crippen molar-refractivity contribution in [3.63, 3.8) is 0 Å². The lowest BCUT2D eigenvalue weighted by Gasteiger charge is -2.09. The summed E-state index contributed by atoms with van der Waals surface area (Å²) in [6.45, 7) is 0. The number of carboxylic acids is 1. The van der Waals surface area contributed by atoms with Crippen molar-refractivity contribution < 1.29 is 31.5 Å². The van der Waals surface area contributed by atoms with E-state index >= 15 is 0 Å². The molecule has 0 saturated carbocycles. The number of nitrogens with zero attached hydrogens (tertiary/aromatic N) is 1. The van der Waals surface area contributed by atoms with Crippen molar-refractivity contribution in [2.24, 2.45) is 4.40 Å².